The van der Waals surface area contributed by atoms with Crippen molar-refractivity contribution in [2.75, 3.05) is 0 Å². The van der Waals surface area contributed by atoms with Gasteiger partial charge in [0.2, 0.25) is 0 Å². The summed E-state index contributed by atoms with van der Waals surface area (Å²) in [6.45, 7) is 7.63. The van der Waals surface area contributed by atoms with Gasteiger partial charge >= 0.3 is 6.92 Å². The van der Waals surface area contributed by atoms with E-state index in [1.54, 1.807) is 0 Å². The number of Topliss-reactive ketones (excluding diaryl/α,β-unsaturated/α-hetero) is 1. The van der Waals surface area contributed by atoms with Crippen molar-refractivity contribution in [3.8, 4) is 0 Å². The predicted octanol–water partition coefficient (Wildman–Crippen LogP) is 4.75. The third kappa shape index (κ3) is 7.86. The second-order valence-corrected chi connectivity index (χ2v) is 5.41. The Bertz CT molecular complexity index is 629. The summed E-state index contributed by atoms with van der Waals surface area (Å²) in [6.07, 6.45) is 3.28. The van der Waals surface area contributed by atoms with Crippen molar-refractivity contribution in [1.29, 1.82) is 0 Å². The van der Waals surface area contributed by atoms with E-state index < -0.39 is 0 Å². The number of benzene rings is 2. The van der Waals surface area contributed by atoms with Crippen LogP contribution in [0, 0.1) is 7.43 Å². The molecule has 4 heteroatoms. The number of carbonyl (C=O) groups excluding carboxylic acids is 1. The van der Waals surface area contributed by atoms with Gasteiger partial charge in [0.1, 0.15) is 0 Å². The van der Waals surface area contributed by atoms with Crippen LogP contribution in [-0.2, 0) is 45.6 Å². The van der Waals surface area contributed by atoms with Gasteiger partial charge in [-0.2, -0.15) is 0 Å². The third-order valence-electron chi connectivity index (χ3n) is 3.95. The monoisotopic (exact) mass is 428 g/mol. The molecule has 0 saturated carbocycles. The van der Waals surface area contributed by atoms with Gasteiger partial charge in [0, 0.05) is 44.7 Å². The molecule has 1 heterocycles. The van der Waals surface area contributed by atoms with Crippen molar-refractivity contribution in [2.45, 2.75) is 53.3 Å². The summed E-state index contributed by atoms with van der Waals surface area (Å²) in [5, 5.41) is 10.1. The maximum absolute atomic E-state index is 12.2. The standard InChI is InChI=1S/C17H17BO2.2C2H6.CH3.Y/c19-17(15-5-2-1-3-6-15)12-13-8-9-14-7-4-10-18(20)16(14)11-13;2*1-2;;/h1-3,5-6,8-9,11,20H,4,7,10,12H2;2*1-2H3;1H3;/q;;;-1;. The Morgan fingerprint density at radius 3 is 2.27 bits per heavy atom. The zero-order chi connectivity index (χ0) is 17.9. The fraction of sp³-hybridized carbons (Fsp3) is 0.364. The molecule has 0 bridgehead atoms. The molecule has 0 spiro atoms. The average Bonchev–Trinajstić information content (AvgIpc) is 2.66. The number of hydrogen-bond acceptors (Lipinski definition) is 2. The van der Waals surface area contributed by atoms with Gasteiger partial charge in [-0.15, -0.1) is 0 Å². The molecule has 2 aromatic carbocycles. The van der Waals surface area contributed by atoms with E-state index >= 15 is 0 Å². The molecule has 0 aromatic heterocycles. The van der Waals surface area contributed by atoms with Crippen LogP contribution >= 0.6 is 0 Å². The number of hydrogen-bond donors (Lipinski definition) is 1. The van der Waals surface area contributed by atoms with E-state index in [4.69, 9.17) is 0 Å². The quantitative estimate of drug-likeness (QED) is 0.436. The molecular formula is C22H32BO2Y-. The Kier molecular flexibility index (Phi) is 16.2. The minimum Gasteiger partial charge on any atom is -0.446 e. The van der Waals surface area contributed by atoms with Crippen molar-refractivity contribution in [3.05, 3.63) is 72.6 Å². The summed E-state index contributed by atoms with van der Waals surface area (Å²) in [6, 6.07) is 15.4. The van der Waals surface area contributed by atoms with Crippen molar-refractivity contribution in [2.24, 2.45) is 0 Å². The number of carbonyl (C=O) groups is 1. The first kappa shape index (κ1) is 27.5. The van der Waals surface area contributed by atoms with Crippen LogP contribution in [0.2, 0.25) is 6.32 Å². The van der Waals surface area contributed by atoms with Gasteiger partial charge in [-0.25, -0.2) is 0 Å². The van der Waals surface area contributed by atoms with Crippen LogP contribution in [-0.4, -0.2) is 17.7 Å². The van der Waals surface area contributed by atoms with Crippen LogP contribution in [0.25, 0.3) is 0 Å². The molecule has 0 saturated heterocycles. The van der Waals surface area contributed by atoms with E-state index in [1.165, 1.54) is 5.56 Å². The molecule has 0 fully saturated rings. The molecule has 2 nitrogen and oxygen atoms in total. The SMILES string of the molecule is CC.CC.O=C(Cc1ccc2c(c1)B(O)CCC2)c1ccccc1.[CH3-].[Y]. The predicted molar refractivity (Wildman–Crippen MR) is 111 cm³/mol. The molecule has 1 aliphatic rings. The molecule has 26 heavy (non-hydrogen) atoms. The van der Waals surface area contributed by atoms with Crippen LogP contribution in [0.1, 0.15) is 55.6 Å². The van der Waals surface area contributed by atoms with E-state index in [2.05, 4.69) is 6.07 Å². The summed E-state index contributed by atoms with van der Waals surface area (Å²) >= 11 is 0. The molecular weight excluding hydrogens is 396 g/mol. The van der Waals surface area contributed by atoms with Crippen LogP contribution in [0.15, 0.2) is 48.5 Å². The van der Waals surface area contributed by atoms with E-state index in [1.807, 2.05) is 70.2 Å². The largest absolute Gasteiger partial charge is 0.446 e. The first-order valence-corrected chi connectivity index (χ1v) is 9.12. The number of fused-ring (bicyclic) bond motifs is 1. The van der Waals surface area contributed by atoms with E-state index in [0.717, 1.165) is 35.8 Å². The van der Waals surface area contributed by atoms with Gasteiger partial charge in [0.25, 0.3) is 0 Å². The maximum atomic E-state index is 12.2. The summed E-state index contributed by atoms with van der Waals surface area (Å²) in [5.41, 5.74) is 3.96. The van der Waals surface area contributed by atoms with Gasteiger partial charge in [-0.3, -0.25) is 4.79 Å². The Morgan fingerprint density at radius 2 is 1.65 bits per heavy atom. The first-order valence-electron chi connectivity index (χ1n) is 9.12. The van der Waals surface area contributed by atoms with Gasteiger partial charge in [0.15, 0.2) is 5.78 Å². The number of rotatable bonds is 3. The Labute approximate surface area is 185 Å². The molecule has 0 aliphatic carbocycles. The fourth-order valence-corrected chi connectivity index (χ4v) is 2.85. The molecule has 1 N–H and O–H groups in total. The van der Waals surface area contributed by atoms with Gasteiger partial charge in [0.05, 0.1) is 0 Å². The van der Waals surface area contributed by atoms with Gasteiger partial charge < -0.3 is 12.5 Å². The fourth-order valence-electron chi connectivity index (χ4n) is 2.85. The maximum Gasteiger partial charge on any atom is 0.323 e. The zero-order valence-electron chi connectivity index (χ0n) is 17.0. The Balaban J connectivity index is 0. The van der Waals surface area contributed by atoms with Crippen LogP contribution < -0.4 is 5.46 Å². The van der Waals surface area contributed by atoms with Crippen LogP contribution in [0.3, 0.4) is 0 Å². The van der Waals surface area contributed by atoms with Crippen molar-refractivity contribution in [1.82, 2.24) is 0 Å². The second-order valence-electron chi connectivity index (χ2n) is 5.41. The second kappa shape index (κ2) is 15.3. The molecule has 0 atom stereocenters. The summed E-state index contributed by atoms with van der Waals surface area (Å²) < 4.78 is 0. The topological polar surface area (TPSA) is 37.3 Å². The molecule has 1 radical (unpaired) electrons. The minimum absolute atomic E-state index is 0. The molecule has 0 amide bonds. The zero-order valence-corrected chi connectivity index (χ0v) is 19.8. The first-order chi connectivity index (χ1) is 11.7. The van der Waals surface area contributed by atoms with E-state index in [9.17, 15) is 9.82 Å². The third-order valence-corrected chi connectivity index (χ3v) is 3.95. The molecule has 139 valence electrons. The summed E-state index contributed by atoms with van der Waals surface area (Å²) in [7, 11) is 0. The van der Waals surface area contributed by atoms with Crippen molar-refractivity contribution >= 4 is 18.2 Å². The van der Waals surface area contributed by atoms with Crippen LogP contribution in [0.5, 0.6) is 0 Å². The van der Waals surface area contributed by atoms with Crippen molar-refractivity contribution in [3.63, 3.8) is 0 Å². The molecule has 3 rings (SSSR count). The molecule has 0 unspecified atom stereocenters. The average molecular weight is 428 g/mol. The molecule has 1 aliphatic heterocycles. The smallest absolute Gasteiger partial charge is 0.323 e. The van der Waals surface area contributed by atoms with E-state index in [-0.39, 0.29) is 52.8 Å². The van der Waals surface area contributed by atoms with E-state index in [0.29, 0.717) is 6.42 Å². The minimum atomic E-state index is -0.370. The summed E-state index contributed by atoms with van der Waals surface area (Å²) in [4.78, 5) is 12.2. The number of aryl methyl sites for hydroxylation is 1. The van der Waals surface area contributed by atoms with Gasteiger partial charge in [-0.1, -0.05) is 88.2 Å². The Hall–Kier alpha value is -0.761. The normalized spacial score (nSPS) is 11.2. The van der Waals surface area contributed by atoms with Crippen molar-refractivity contribution < 1.29 is 42.5 Å². The molecule has 2 aromatic rings. The Morgan fingerprint density at radius 1 is 1.04 bits per heavy atom. The van der Waals surface area contributed by atoms with Gasteiger partial charge in [-0.05, 0) is 23.8 Å². The summed E-state index contributed by atoms with van der Waals surface area (Å²) in [5.74, 6) is 0.121. The van der Waals surface area contributed by atoms with Crippen LogP contribution in [0.4, 0.5) is 0 Å². The number of ketones is 1.